The Labute approximate surface area is 160 Å². The van der Waals surface area contributed by atoms with Crippen molar-refractivity contribution in [2.24, 2.45) is 0 Å². The van der Waals surface area contributed by atoms with Crippen LogP contribution in [0.5, 0.6) is 0 Å². The topological polar surface area (TPSA) is 49.0 Å². The molecule has 0 spiro atoms. The molecule has 2 aromatic carbocycles. The van der Waals surface area contributed by atoms with Crippen molar-refractivity contribution >= 4 is 16.9 Å². The minimum Gasteiger partial charge on any atom is -0.342 e. The van der Waals surface area contributed by atoms with Gasteiger partial charge in [-0.1, -0.05) is 43.5 Å². The third-order valence-corrected chi connectivity index (χ3v) is 5.63. The number of hydrogen-bond acceptors (Lipinski definition) is 2. The van der Waals surface area contributed by atoms with Gasteiger partial charge in [-0.3, -0.25) is 4.79 Å². The Bertz CT molecular complexity index is 874. The second kappa shape index (κ2) is 7.95. The van der Waals surface area contributed by atoms with E-state index in [0.29, 0.717) is 6.04 Å². The van der Waals surface area contributed by atoms with Crippen LogP contribution in [-0.4, -0.2) is 33.4 Å². The van der Waals surface area contributed by atoms with Crippen molar-refractivity contribution < 1.29 is 4.79 Å². The van der Waals surface area contributed by atoms with E-state index in [2.05, 4.69) is 33.9 Å². The minimum atomic E-state index is 0.166. The highest BCUT2D eigenvalue weighted by molar-refractivity contribution is 5.94. The summed E-state index contributed by atoms with van der Waals surface area (Å²) in [5.74, 6) is 1.12. The number of imidazole rings is 1. The molecule has 1 saturated carbocycles. The van der Waals surface area contributed by atoms with Gasteiger partial charge in [-0.05, 0) is 49.6 Å². The van der Waals surface area contributed by atoms with Crippen LogP contribution >= 0.6 is 0 Å². The lowest BCUT2D eigenvalue weighted by atomic mass is 9.93. The molecule has 1 amide bonds. The standard InChI is InChI=1S/C23H27N3O/c1-2-26(19-8-4-3-5-9-19)23(27)18-14-12-17(13-15-18)16-22-24-20-10-6-7-11-21(20)25-22/h6-7,10-15,19H,2-5,8-9,16H2,1H3,(H,24,25). The Kier molecular flexibility index (Phi) is 5.23. The summed E-state index contributed by atoms with van der Waals surface area (Å²) in [6.07, 6.45) is 6.81. The number of amides is 1. The summed E-state index contributed by atoms with van der Waals surface area (Å²) in [7, 11) is 0. The molecule has 4 heteroatoms. The van der Waals surface area contributed by atoms with E-state index in [-0.39, 0.29) is 5.91 Å². The number of hydrogen-bond donors (Lipinski definition) is 1. The highest BCUT2D eigenvalue weighted by Gasteiger charge is 2.24. The van der Waals surface area contributed by atoms with E-state index in [9.17, 15) is 4.79 Å². The first-order chi connectivity index (χ1) is 13.2. The summed E-state index contributed by atoms with van der Waals surface area (Å²) >= 11 is 0. The molecule has 1 N–H and O–H groups in total. The van der Waals surface area contributed by atoms with Gasteiger partial charge < -0.3 is 9.88 Å². The largest absolute Gasteiger partial charge is 0.342 e. The van der Waals surface area contributed by atoms with Crippen LogP contribution in [0.3, 0.4) is 0 Å². The van der Waals surface area contributed by atoms with Crippen LogP contribution in [0.4, 0.5) is 0 Å². The molecule has 0 radical (unpaired) electrons. The van der Waals surface area contributed by atoms with Gasteiger partial charge in [0.2, 0.25) is 0 Å². The van der Waals surface area contributed by atoms with Gasteiger partial charge in [0.05, 0.1) is 11.0 Å². The third-order valence-electron chi connectivity index (χ3n) is 5.63. The normalized spacial score (nSPS) is 15.1. The van der Waals surface area contributed by atoms with E-state index in [1.807, 2.05) is 36.4 Å². The highest BCUT2D eigenvalue weighted by Crippen LogP contribution is 2.24. The fraction of sp³-hybridized carbons (Fsp3) is 0.391. The maximum atomic E-state index is 13.0. The number of para-hydroxylation sites is 2. The van der Waals surface area contributed by atoms with Gasteiger partial charge >= 0.3 is 0 Å². The van der Waals surface area contributed by atoms with Crippen molar-refractivity contribution in [1.29, 1.82) is 0 Å². The number of rotatable bonds is 5. The number of aromatic amines is 1. The van der Waals surface area contributed by atoms with Crippen molar-refractivity contribution in [2.75, 3.05) is 6.54 Å². The van der Waals surface area contributed by atoms with E-state index < -0.39 is 0 Å². The summed E-state index contributed by atoms with van der Waals surface area (Å²) < 4.78 is 0. The molecule has 0 unspecified atom stereocenters. The Morgan fingerprint density at radius 3 is 2.52 bits per heavy atom. The predicted octanol–water partition coefficient (Wildman–Crippen LogP) is 4.95. The summed E-state index contributed by atoms with van der Waals surface area (Å²) in [4.78, 5) is 23.0. The van der Waals surface area contributed by atoms with Crippen LogP contribution in [0.25, 0.3) is 11.0 Å². The molecule has 0 bridgehead atoms. The molecule has 1 heterocycles. The molecule has 3 aromatic rings. The fourth-order valence-electron chi connectivity index (χ4n) is 4.17. The highest BCUT2D eigenvalue weighted by atomic mass is 16.2. The lowest BCUT2D eigenvalue weighted by Crippen LogP contribution is -2.41. The van der Waals surface area contributed by atoms with Crippen molar-refractivity contribution in [3.63, 3.8) is 0 Å². The molecule has 1 fully saturated rings. The summed E-state index contributed by atoms with van der Waals surface area (Å²) in [5.41, 5.74) is 4.00. The molecule has 0 aliphatic heterocycles. The zero-order valence-electron chi connectivity index (χ0n) is 15.9. The number of carbonyl (C=O) groups excluding carboxylic acids is 1. The number of H-pyrrole nitrogens is 1. The van der Waals surface area contributed by atoms with Crippen molar-refractivity contribution in [3.8, 4) is 0 Å². The second-order valence-corrected chi connectivity index (χ2v) is 7.46. The smallest absolute Gasteiger partial charge is 0.254 e. The van der Waals surface area contributed by atoms with Crippen molar-refractivity contribution in [1.82, 2.24) is 14.9 Å². The maximum Gasteiger partial charge on any atom is 0.254 e. The average Bonchev–Trinajstić information content (AvgIpc) is 3.12. The average molecular weight is 361 g/mol. The zero-order chi connectivity index (χ0) is 18.6. The number of nitrogens with one attached hydrogen (secondary N) is 1. The monoisotopic (exact) mass is 361 g/mol. The predicted molar refractivity (Wildman–Crippen MR) is 109 cm³/mol. The van der Waals surface area contributed by atoms with Gasteiger partial charge in [0.1, 0.15) is 5.82 Å². The van der Waals surface area contributed by atoms with Crippen LogP contribution in [0.1, 0.15) is 60.8 Å². The number of nitrogens with zero attached hydrogens (tertiary/aromatic N) is 2. The Morgan fingerprint density at radius 2 is 1.81 bits per heavy atom. The number of aromatic nitrogens is 2. The Morgan fingerprint density at radius 1 is 1.07 bits per heavy atom. The lowest BCUT2D eigenvalue weighted by Gasteiger charge is -2.33. The Hall–Kier alpha value is -2.62. The van der Waals surface area contributed by atoms with E-state index in [1.54, 1.807) is 0 Å². The molecule has 140 valence electrons. The minimum absolute atomic E-state index is 0.166. The molecule has 27 heavy (non-hydrogen) atoms. The van der Waals surface area contributed by atoms with E-state index in [4.69, 9.17) is 0 Å². The first-order valence-electron chi connectivity index (χ1n) is 10.1. The first kappa shape index (κ1) is 17.8. The second-order valence-electron chi connectivity index (χ2n) is 7.46. The summed E-state index contributed by atoms with van der Waals surface area (Å²) in [6, 6.07) is 16.5. The SMILES string of the molecule is CCN(C(=O)c1ccc(Cc2nc3ccccc3[nH]2)cc1)C1CCCCC1. The summed E-state index contributed by atoms with van der Waals surface area (Å²) in [5, 5.41) is 0. The molecule has 0 saturated heterocycles. The number of fused-ring (bicyclic) bond motifs is 1. The quantitative estimate of drug-likeness (QED) is 0.699. The Balaban J connectivity index is 1.46. The molecular formula is C23H27N3O. The summed E-state index contributed by atoms with van der Waals surface area (Å²) in [6.45, 7) is 2.87. The maximum absolute atomic E-state index is 13.0. The molecular weight excluding hydrogens is 334 g/mol. The van der Waals surface area contributed by atoms with Crippen LogP contribution in [-0.2, 0) is 6.42 Å². The molecule has 4 nitrogen and oxygen atoms in total. The zero-order valence-corrected chi connectivity index (χ0v) is 15.9. The van der Waals surface area contributed by atoms with Gasteiger partial charge in [-0.15, -0.1) is 0 Å². The third kappa shape index (κ3) is 3.90. The number of carbonyl (C=O) groups is 1. The molecule has 4 rings (SSSR count). The van der Waals surface area contributed by atoms with Crippen LogP contribution < -0.4 is 0 Å². The van der Waals surface area contributed by atoms with Gasteiger partial charge in [0.25, 0.3) is 5.91 Å². The molecule has 1 aliphatic carbocycles. The molecule has 1 aliphatic rings. The van der Waals surface area contributed by atoms with Crippen molar-refractivity contribution in [3.05, 3.63) is 65.5 Å². The van der Waals surface area contributed by atoms with E-state index >= 15 is 0 Å². The molecule has 0 atom stereocenters. The van der Waals surface area contributed by atoms with Gasteiger partial charge in [-0.2, -0.15) is 0 Å². The van der Waals surface area contributed by atoms with E-state index in [1.165, 1.54) is 19.3 Å². The van der Waals surface area contributed by atoms with Crippen LogP contribution in [0.15, 0.2) is 48.5 Å². The van der Waals surface area contributed by atoms with Crippen LogP contribution in [0.2, 0.25) is 0 Å². The van der Waals surface area contributed by atoms with Gasteiger partial charge in [0, 0.05) is 24.6 Å². The van der Waals surface area contributed by atoms with Crippen LogP contribution in [0, 0.1) is 0 Å². The van der Waals surface area contributed by atoms with Gasteiger partial charge in [0.15, 0.2) is 0 Å². The van der Waals surface area contributed by atoms with E-state index in [0.717, 1.165) is 53.8 Å². The first-order valence-corrected chi connectivity index (χ1v) is 10.1. The molecule has 1 aromatic heterocycles. The fourth-order valence-corrected chi connectivity index (χ4v) is 4.17. The number of benzene rings is 2. The lowest BCUT2D eigenvalue weighted by molar-refractivity contribution is 0.0648. The van der Waals surface area contributed by atoms with Crippen molar-refractivity contribution in [2.45, 2.75) is 51.5 Å². The van der Waals surface area contributed by atoms with Gasteiger partial charge in [-0.25, -0.2) is 4.98 Å².